The first kappa shape index (κ1) is 11.7. The van der Waals surface area contributed by atoms with Crippen LogP contribution < -0.4 is 0 Å². The Labute approximate surface area is 113 Å². The maximum absolute atomic E-state index is 12.5. The van der Waals surface area contributed by atoms with Crippen LogP contribution in [-0.2, 0) is 13.0 Å². The summed E-state index contributed by atoms with van der Waals surface area (Å²) in [5.41, 5.74) is 3.04. The molecule has 0 saturated heterocycles. The number of benzene rings is 2. The van der Waals surface area contributed by atoms with Crippen LogP contribution in [0.25, 0.3) is 0 Å². The SMILES string of the molecule is O=C1c2ccccc2CC=CN1Cc1ccccc1. The van der Waals surface area contributed by atoms with E-state index < -0.39 is 0 Å². The number of hydrogen-bond donors (Lipinski definition) is 0. The van der Waals surface area contributed by atoms with Crippen LogP contribution in [0.5, 0.6) is 0 Å². The van der Waals surface area contributed by atoms with Crippen LogP contribution >= 0.6 is 0 Å². The predicted octanol–water partition coefficient (Wildman–Crippen LogP) is 3.40. The fraction of sp³-hybridized carbons (Fsp3) is 0.118. The van der Waals surface area contributed by atoms with E-state index in [9.17, 15) is 4.79 Å². The molecule has 0 unspecified atom stereocenters. The second kappa shape index (κ2) is 5.11. The van der Waals surface area contributed by atoms with E-state index in [-0.39, 0.29) is 5.91 Å². The van der Waals surface area contributed by atoms with E-state index in [2.05, 4.69) is 0 Å². The van der Waals surface area contributed by atoms with Gasteiger partial charge >= 0.3 is 0 Å². The zero-order valence-corrected chi connectivity index (χ0v) is 10.6. The van der Waals surface area contributed by atoms with Crippen LogP contribution in [0, 0.1) is 0 Å². The molecule has 0 radical (unpaired) electrons. The van der Waals surface area contributed by atoms with Gasteiger partial charge in [-0.15, -0.1) is 0 Å². The van der Waals surface area contributed by atoms with Crippen LogP contribution in [0.2, 0.25) is 0 Å². The Kier molecular flexibility index (Phi) is 3.15. The number of allylic oxidation sites excluding steroid dienone is 1. The van der Waals surface area contributed by atoms with Gasteiger partial charge in [0.05, 0.1) is 6.54 Å². The van der Waals surface area contributed by atoms with Crippen molar-refractivity contribution >= 4 is 5.91 Å². The summed E-state index contributed by atoms with van der Waals surface area (Å²) >= 11 is 0. The lowest BCUT2D eigenvalue weighted by molar-refractivity contribution is 0.0814. The van der Waals surface area contributed by atoms with E-state index in [4.69, 9.17) is 0 Å². The molecule has 1 aliphatic rings. The van der Waals surface area contributed by atoms with Gasteiger partial charge in [0.15, 0.2) is 0 Å². The van der Waals surface area contributed by atoms with Gasteiger partial charge in [0, 0.05) is 11.8 Å². The standard InChI is InChI=1S/C17H15NO/c19-17-16-11-5-4-9-15(16)10-6-12-18(17)13-14-7-2-1-3-8-14/h1-9,11-12H,10,13H2. The Morgan fingerprint density at radius 1 is 0.947 bits per heavy atom. The first-order valence-corrected chi connectivity index (χ1v) is 6.44. The van der Waals surface area contributed by atoms with Crippen molar-refractivity contribution in [2.75, 3.05) is 0 Å². The first-order valence-electron chi connectivity index (χ1n) is 6.44. The average Bonchev–Trinajstić information content (AvgIpc) is 2.61. The lowest BCUT2D eigenvalue weighted by Crippen LogP contribution is -2.25. The van der Waals surface area contributed by atoms with E-state index in [0.29, 0.717) is 6.54 Å². The van der Waals surface area contributed by atoms with Crippen molar-refractivity contribution in [2.45, 2.75) is 13.0 Å². The van der Waals surface area contributed by atoms with Crippen molar-refractivity contribution in [1.82, 2.24) is 4.90 Å². The molecule has 2 heteroatoms. The summed E-state index contributed by atoms with van der Waals surface area (Å²) in [5, 5.41) is 0. The van der Waals surface area contributed by atoms with E-state index in [0.717, 1.165) is 23.1 Å². The number of carbonyl (C=O) groups excluding carboxylic acids is 1. The fourth-order valence-electron chi connectivity index (χ4n) is 2.34. The number of carbonyl (C=O) groups is 1. The van der Waals surface area contributed by atoms with Crippen LogP contribution in [0.1, 0.15) is 21.5 Å². The minimum Gasteiger partial charge on any atom is -0.311 e. The van der Waals surface area contributed by atoms with Crippen molar-refractivity contribution in [3.05, 3.63) is 83.6 Å². The van der Waals surface area contributed by atoms with Crippen LogP contribution in [0.15, 0.2) is 66.9 Å². The van der Waals surface area contributed by atoms with E-state index in [1.165, 1.54) is 0 Å². The van der Waals surface area contributed by atoms with Crippen LogP contribution in [-0.4, -0.2) is 10.8 Å². The smallest absolute Gasteiger partial charge is 0.258 e. The Bertz CT molecular complexity index is 616. The summed E-state index contributed by atoms with van der Waals surface area (Å²) in [6, 6.07) is 17.9. The molecule has 0 fully saturated rings. The molecule has 0 atom stereocenters. The Balaban J connectivity index is 1.90. The van der Waals surface area contributed by atoms with Crippen molar-refractivity contribution in [1.29, 1.82) is 0 Å². The predicted molar refractivity (Wildman–Crippen MR) is 75.6 cm³/mol. The molecular weight excluding hydrogens is 234 g/mol. The molecule has 2 aromatic rings. The van der Waals surface area contributed by atoms with Gasteiger partial charge in [-0.05, 0) is 23.6 Å². The largest absolute Gasteiger partial charge is 0.311 e. The van der Waals surface area contributed by atoms with Gasteiger partial charge in [0.25, 0.3) is 5.91 Å². The number of hydrogen-bond acceptors (Lipinski definition) is 1. The number of amides is 1. The van der Waals surface area contributed by atoms with Gasteiger partial charge in [-0.2, -0.15) is 0 Å². The average molecular weight is 249 g/mol. The topological polar surface area (TPSA) is 20.3 Å². The molecule has 0 aromatic heterocycles. The zero-order valence-electron chi connectivity index (χ0n) is 10.6. The Morgan fingerprint density at radius 2 is 1.68 bits per heavy atom. The summed E-state index contributed by atoms with van der Waals surface area (Å²) in [7, 11) is 0. The second-order valence-electron chi connectivity index (χ2n) is 4.66. The molecule has 0 saturated carbocycles. The third kappa shape index (κ3) is 2.43. The monoisotopic (exact) mass is 249 g/mol. The van der Waals surface area contributed by atoms with Gasteiger partial charge in [-0.1, -0.05) is 54.6 Å². The van der Waals surface area contributed by atoms with Crippen molar-refractivity contribution in [3.8, 4) is 0 Å². The quantitative estimate of drug-likeness (QED) is 0.798. The Hall–Kier alpha value is -2.35. The third-order valence-corrected chi connectivity index (χ3v) is 3.33. The highest BCUT2D eigenvalue weighted by molar-refractivity contribution is 5.96. The van der Waals surface area contributed by atoms with E-state index in [1.807, 2.05) is 66.9 Å². The summed E-state index contributed by atoms with van der Waals surface area (Å²) in [6.07, 6.45) is 4.76. The van der Waals surface area contributed by atoms with Gasteiger partial charge in [0.1, 0.15) is 0 Å². The number of rotatable bonds is 2. The third-order valence-electron chi connectivity index (χ3n) is 3.33. The van der Waals surface area contributed by atoms with Gasteiger partial charge < -0.3 is 4.90 Å². The van der Waals surface area contributed by atoms with E-state index in [1.54, 1.807) is 4.90 Å². The Morgan fingerprint density at radius 3 is 2.53 bits per heavy atom. The van der Waals surface area contributed by atoms with Crippen molar-refractivity contribution < 1.29 is 4.79 Å². The molecule has 0 aliphatic carbocycles. The lowest BCUT2D eigenvalue weighted by atomic mass is 10.0. The van der Waals surface area contributed by atoms with Crippen LogP contribution in [0.3, 0.4) is 0 Å². The maximum Gasteiger partial charge on any atom is 0.258 e. The molecule has 3 rings (SSSR count). The summed E-state index contributed by atoms with van der Waals surface area (Å²) < 4.78 is 0. The highest BCUT2D eigenvalue weighted by atomic mass is 16.2. The highest BCUT2D eigenvalue weighted by Crippen LogP contribution is 2.18. The molecule has 0 bridgehead atoms. The summed E-state index contributed by atoms with van der Waals surface area (Å²) in [6.45, 7) is 0.616. The van der Waals surface area contributed by atoms with Gasteiger partial charge in [-0.3, -0.25) is 4.79 Å². The zero-order chi connectivity index (χ0) is 13.1. The minimum absolute atomic E-state index is 0.0770. The molecular formula is C17H15NO. The van der Waals surface area contributed by atoms with Crippen molar-refractivity contribution in [2.24, 2.45) is 0 Å². The molecule has 1 heterocycles. The van der Waals surface area contributed by atoms with Crippen LogP contribution in [0.4, 0.5) is 0 Å². The highest BCUT2D eigenvalue weighted by Gasteiger charge is 2.18. The minimum atomic E-state index is 0.0770. The lowest BCUT2D eigenvalue weighted by Gasteiger charge is -2.18. The van der Waals surface area contributed by atoms with Gasteiger partial charge in [0.2, 0.25) is 0 Å². The number of nitrogens with zero attached hydrogens (tertiary/aromatic N) is 1. The normalized spacial score (nSPS) is 14.1. The first-order chi connectivity index (χ1) is 9.34. The number of fused-ring (bicyclic) bond motifs is 1. The van der Waals surface area contributed by atoms with Gasteiger partial charge in [-0.25, -0.2) is 0 Å². The molecule has 1 amide bonds. The molecule has 1 aliphatic heterocycles. The molecule has 0 N–H and O–H groups in total. The second-order valence-corrected chi connectivity index (χ2v) is 4.66. The molecule has 2 nitrogen and oxygen atoms in total. The van der Waals surface area contributed by atoms with E-state index >= 15 is 0 Å². The summed E-state index contributed by atoms with van der Waals surface area (Å²) in [5.74, 6) is 0.0770. The molecule has 0 spiro atoms. The summed E-state index contributed by atoms with van der Waals surface area (Å²) in [4.78, 5) is 14.3. The molecule has 94 valence electrons. The molecule has 2 aromatic carbocycles. The van der Waals surface area contributed by atoms with Crippen molar-refractivity contribution in [3.63, 3.8) is 0 Å². The fourth-order valence-corrected chi connectivity index (χ4v) is 2.34. The molecule has 19 heavy (non-hydrogen) atoms. The maximum atomic E-state index is 12.5.